The minimum atomic E-state index is -1.80. The average molecular weight is 1110 g/mol. The predicted octanol–water partition coefficient (Wildman–Crippen LogP) is 5.78. The van der Waals surface area contributed by atoms with E-state index >= 15 is 0 Å². The van der Waals surface area contributed by atoms with Crippen LogP contribution in [0.4, 0.5) is 0 Å². The van der Waals surface area contributed by atoms with Crippen LogP contribution in [-0.2, 0) is 42.8 Å². The molecular formula is C59H73B3N10O10. The number of hydrogen-bond donors (Lipinski definition) is 6. The Balaban J connectivity index is 1.36. The van der Waals surface area contributed by atoms with Gasteiger partial charge in [0, 0.05) is 56.4 Å². The molecule has 3 heterocycles. The molecule has 23 heteroatoms. The number of nitrogens with zero attached hydrogens (tertiary/aromatic N) is 6. The standard InChI is InChI=1S/C59H73B3N10O10/c1-39(2)28-45(34-53(73)47(31-42-16-10-7-11-17-42)69-57(76)50-36-63-22-25-66-50)60(79)81-62(55(30-41(5)6)72-56(75)49(33-44-20-14-9-15-21-44)71-59(78)52-38-65-24-27-68-52)82-61(80)46(29-40(3)4)35-54(74)48(32-43-18-12-8-13-19-43)70-58(77)51-37-64-23-26-67-51/h7-27,36-41,45-49,55,79-80H,28-35H2,1-6H3,(H,69,76)(H,70,77)(H,71,78)(H,72,75). The van der Waals surface area contributed by atoms with Gasteiger partial charge >= 0.3 is 21.4 Å². The van der Waals surface area contributed by atoms with Gasteiger partial charge in [0.25, 0.3) is 17.7 Å². The van der Waals surface area contributed by atoms with Crippen molar-refractivity contribution in [3.8, 4) is 0 Å². The number of benzene rings is 3. The first-order chi connectivity index (χ1) is 39.4. The van der Waals surface area contributed by atoms with Gasteiger partial charge < -0.3 is 40.5 Å². The molecule has 6 N–H and O–H groups in total. The Hall–Kier alpha value is -7.85. The summed E-state index contributed by atoms with van der Waals surface area (Å²) in [5.74, 6) is -6.88. The zero-order chi connectivity index (χ0) is 59.0. The normalized spacial score (nSPS) is 13.5. The zero-order valence-electron chi connectivity index (χ0n) is 47.3. The van der Waals surface area contributed by atoms with Crippen molar-refractivity contribution >= 4 is 56.6 Å². The summed E-state index contributed by atoms with van der Waals surface area (Å²) in [4.78, 5) is 109. The lowest BCUT2D eigenvalue weighted by molar-refractivity contribution is -0.123. The first-order valence-electron chi connectivity index (χ1n) is 27.8. The van der Waals surface area contributed by atoms with Crippen molar-refractivity contribution in [2.24, 2.45) is 17.8 Å². The Bertz CT molecular complexity index is 2800. The van der Waals surface area contributed by atoms with Crippen LogP contribution < -0.4 is 21.3 Å². The summed E-state index contributed by atoms with van der Waals surface area (Å²) in [6.07, 6.45) is 12.5. The van der Waals surface area contributed by atoms with Crippen LogP contribution >= 0.6 is 0 Å². The smallest absolute Gasteiger partial charge is 0.450 e. The third-order valence-corrected chi connectivity index (χ3v) is 13.5. The second kappa shape index (κ2) is 32.6. The van der Waals surface area contributed by atoms with E-state index in [1.807, 2.05) is 120 Å². The van der Waals surface area contributed by atoms with Crippen molar-refractivity contribution in [3.05, 3.63) is 181 Å². The Labute approximate surface area is 480 Å². The highest BCUT2D eigenvalue weighted by molar-refractivity contribution is 6.66. The van der Waals surface area contributed by atoms with Gasteiger partial charge in [-0.05, 0) is 78.2 Å². The molecule has 3 aromatic carbocycles. The van der Waals surface area contributed by atoms with Crippen LogP contribution in [0.25, 0.3) is 0 Å². The minimum absolute atomic E-state index is 0.00235. The van der Waals surface area contributed by atoms with E-state index < -0.39 is 92.3 Å². The molecule has 0 fully saturated rings. The third kappa shape index (κ3) is 20.9. The predicted molar refractivity (Wildman–Crippen MR) is 311 cm³/mol. The number of amides is 4. The summed E-state index contributed by atoms with van der Waals surface area (Å²) in [5.41, 5.74) is 2.22. The second-order valence-electron chi connectivity index (χ2n) is 21.7. The monoisotopic (exact) mass is 1110 g/mol. The molecule has 0 saturated carbocycles. The maximum atomic E-state index is 14.9. The molecule has 6 atom stereocenters. The first kappa shape index (κ1) is 63.3. The number of nitrogens with one attached hydrogen (secondary N) is 4. The van der Waals surface area contributed by atoms with Crippen LogP contribution in [0.15, 0.2) is 147 Å². The number of carbonyl (C=O) groups excluding carboxylic acids is 6. The SMILES string of the molecule is CC(C)CC(CC(=O)C(Cc1ccccc1)NC(=O)c1cnccn1)B(O)OB(OB(O)C(CC(=O)C(Cc1ccccc1)NC(=O)c1cnccn1)CC(C)C)C(CC(C)C)NC(=O)C(Cc1ccccc1)NC(=O)c1cnccn1. The molecule has 0 spiro atoms. The van der Waals surface area contributed by atoms with Crippen molar-refractivity contribution in [1.82, 2.24) is 51.2 Å². The van der Waals surface area contributed by atoms with Gasteiger partial charge in [0.15, 0.2) is 11.6 Å². The summed E-state index contributed by atoms with van der Waals surface area (Å²) in [6.45, 7) is 11.4. The molecule has 0 bridgehead atoms. The van der Waals surface area contributed by atoms with Gasteiger partial charge in [-0.1, -0.05) is 133 Å². The van der Waals surface area contributed by atoms with Crippen LogP contribution in [0.1, 0.15) is 122 Å². The van der Waals surface area contributed by atoms with E-state index in [2.05, 4.69) is 51.2 Å². The largest absolute Gasteiger partial charge is 0.453 e. The molecule has 428 valence electrons. The number of carbonyl (C=O) groups is 6. The van der Waals surface area contributed by atoms with Gasteiger partial charge in [-0.2, -0.15) is 0 Å². The van der Waals surface area contributed by atoms with Gasteiger partial charge in [-0.3, -0.25) is 43.7 Å². The first-order valence-corrected chi connectivity index (χ1v) is 27.8. The molecule has 0 aliphatic carbocycles. The third-order valence-electron chi connectivity index (χ3n) is 13.5. The highest BCUT2D eigenvalue weighted by atomic mass is 16.6. The van der Waals surface area contributed by atoms with Crippen LogP contribution in [0.5, 0.6) is 0 Å². The number of Topliss-reactive ketones (excluding diaryl/α,β-unsaturated/α-hetero) is 2. The summed E-state index contributed by atoms with van der Waals surface area (Å²) in [7, 11) is -5.26. The number of aromatic nitrogens is 6. The van der Waals surface area contributed by atoms with Crippen molar-refractivity contribution in [2.75, 3.05) is 0 Å². The molecule has 0 saturated heterocycles. The lowest BCUT2D eigenvalue weighted by Gasteiger charge is -2.33. The fourth-order valence-electron chi connectivity index (χ4n) is 9.56. The van der Waals surface area contributed by atoms with E-state index in [0.29, 0.717) is 0 Å². The summed E-state index contributed by atoms with van der Waals surface area (Å²) in [5, 5.41) is 36.5. The van der Waals surface area contributed by atoms with Crippen LogP contribution in [-0.4, -0.2) is 121 Å². The molecule has 6 unspecified atom stereocenters. The number of ketones is 2. The quantitative estimate of drug-likeness (QED) is 0.0266. The van der Waals surface area contributed by atoms with E-state index in [0.717, 1.165) is 16.7 Å². The lowest BCUT2D eigenvalue weighted by Crippen LogP contribution is -2.59. The Morgan fingerprint density at radius 2 is 0.780 bits per heavy atom. The van der Waals surface area contributed by atoms with Crippen molar-refractivity contribution in [3.63, 3.8) is 0 Å². The van der Waals surface area contributed by atoms with Crippen LogP contribution in [0, 0.1) is 17.8 Å². The highest BCUT2D eigenvalue weighted by Gasteiger charge is 2.45. The van der Waals surface area contributed by atoms with E-state index in [4.69, 9.17) is 9.14 Å². The molecule has 4 amide bonds. The minimum Gasteiger partial charge on any atom is -0.450 e. The van der Waals surface area contributed by atoms with Gasteiger partial charge in [-0.25, -0.2) is 15.0 Å². The number of hydrogen-bond acceptors (Lipinski definition) is 16. The Morgan fingerprint density at radius 1 is 0.451 bits per heavy atom. The fraction of sp³-hybridized carbons (Fsp3) is 0.390. The molecule has 0 aliphatic heterocycles. The second-order valence-corrected chi connectivity index (χ2v) is 21.7. The van der Waals surface area contributed by atoms with Gasteiger partial charge in [0.2, 0.25) is 5.91 Å². The van der Waals surface area contributed by atoms with Crippen LogP contribution in [0.2, 0.25) is 11.6 Å². The zero-order valence-corrected chi connectivity index (χ0v) is 47.3. The molecule has 3 aromatic heterocycles. The van der Waals surface area contributed by atoms with Crippen molar-refractivity contribution in [1.29, 1.82) is 0 Å². The van der Waals surface area contributed by atoms with E-state index in [1.54, 1.807) is 12.1 Å². The molecule has 6 aromatic rings. The van der Waals surface area contributed by atoms with E-state index in [9.17, 15) is 38.8 Å². The number of rotatable bonds is 33. The van der Waals surface area contributed by atoms with Gasteiger partial charge in [-0.15, -0.1) is 0 Å². The molecular weight excluding hydrogens is 1040 g/mol. The molecule has 6 rings (SSSR count). The summed E-state index contributed by atoms with van der Waals surface area (Å²) < 4.78 is 13.1. The molecule has 20 nitrogen and oxygen atoms in total. The molecule has 0 radical (unpaired) electrons. The van der Waals surface area contributed by atoms with Gasteiger partial charge in [0.1, 0.15) is 23.1 Å². The maximum absolute atomic E-state index is 14.9. The van der Waals surface area contributed by atoms with Crippen molar-refractivity contribution in [2.45, 2.75) is 129 Å². The maximum Gasteiger partial charge on any atom is 0.453 e. The molecule has 0 aliphatic rings. The van der Waals surface area contributed by atoms with Gasteiger partial charge in [0.05, 0.1) is 36.6 Å². The van der Waals surface area contributed by atoms with E-state index in [-0.39, 0.29) is 86.2 Å². The molecule has 82 heavy (non-hydrogen) atoms. The summed E-state index contributed by atoms with van der Waals surface area (Å²) in [6, 6.07) is 24.0. The lowest BCUT2D eigenvalue weighted by atomic mass is 9.59. The van der Waals surface area contributed by atoms with E-state index in [1.165, 1.54) is 55.8 Å². The highest BCUT2D eigenvalue weighted by Crippen LogP contribution is 2.30. The Morgan fingerprint density at radius 3 is 1.10 bits per heavy atom. The van der Waals surface area contributed by atoms with Crippen molar-refractivity contribution < 1.29 is 48.0 Å². The topological polar surface area (TPSA) is 287 Å². The fourth-order valence-corrected chi connectivity index (χ4v) is 9.56. The Kier molecular flexibility index (Phi) is 25.2. The average Bonchev–Trinajstić information content (AvgIpc) is 3.47. The summed E-state index contributed by atoms with van der Waals surface area (Å²) >= 11 is 0. The van der Waals surface area contributed by atoms with Crippen LogP contribution in [0.3, 0.4) is 0 Å².